The first-order chi connectivity index (χ1) is 19.8. The molecule has 4 aromatic carbocycles. The third-order valence-corrected chi connectivity index (χ3v) is 7.64. The normalized spacial score (nSPS) is 11.2. The highest BCUT2D eigenvalue weighted by atomic mass is 35.5. The van der Waals surface area contributed by atoms with Crippen LogP contribution in [0.5, 0.6) is 5.75 Å². The summed E-state index contributed by atoms with van der Waals surface area (Å²) in [5.74, 6) is 0.0891. The lowest BCUT2D eigenvalue weighted by molar-refractivity contribution is 0.102. The first kappa shape index (κ1) is 27.8. The van der Waals surface area contributed by atoms with E-state index < -0.39 is 15.9 Å². The summed E-state index contributed by atoms with van der Waals surface area (Å²) in [6.07, 6.45) is 0. The van der Waals surface area contributed by atoms with E-state index >= 15 is 0 Å². The second-order valence-electron chi connectivity index (χ2n) is 8.83. The van der Waals surface area contributed by atoms with Crippen LogP contribution in [0.2, 0.25) is 5.02 Å². The minimum absolute atomic E-state index is 0.0532. The first-order valence-corrected chi connectivity index (χ1v) is 14.1. The van der Waals surface area contributed by atoms with E-state index in [1.807, 2.05) is 0 Å². The molecule has 0 bridgehead atoms. The predicted octanol–water partition coefficient (Wildman–Crippen LogP) is 5.58. The minimum Gasteiger partial charge on any atom is -0.497 e. The van der Waals surface area contributed by atoms with Crippen molar-refractivity contribution in [1.29, 1.82) is 0 Å². The number of nitrogens with one attached hydrogen (secondary N) is 3. The van der Waals surface area contributed by atoms with Crippen molar-refractivity contribution < 1.29 is 23.1 Å². The molecule has 5 aromatic rings. The third-order valence-electron chi connectivity index (χ3n) is 5.97. The number of carbonyl (C=O) groups is 1. The van der Waals surface area contributed by atoms with Gasteiger partial charge in [-0.1, -0.05) is 41.9 Å². The van der Waals surface area contributed by atoms with Gasteiger partial charge in [0.05, 0.1) is 40.2 Å². The van der Waals surface area contributed by atoms with Crippen LogP contribution in [0.4, 0.5) is 23.0 Å². The van der Waals surface area contributed by atoms with Gasteiger partial charge in [0.1, 0.15) is 5.75 Å². The van der Waals surface area contributed by atoms with E-state index in [4.69, 9.17) is 16.3 Å². The average molecular weight is 590 g/mol. The molecule has 0 unspecified atom stereocenters. The molecule has 12 heteroatoms. The number of carbonyl (C=O) groups excluding carboxylic acids is 1. The van der Waals surface area contributed by atoms with Gasteiger partial charge in [-0.15, -0.1) is 0 Å². The Balaban J connectivity index is 1.48. The largest absolute Gasteiger partial charge is 0.497 e. The van der Waals surface area contributed by atoms with Gasteiger partial charge in [0.15, 0.2) is 11.6 Å². The van der Waals surface area contributed by atoms with Gasteiger partial charge < -0.3 is 20.5 Å². The van der Waals surface area contributed by atoms with Crippen LogP contribution in [0.15, 0.2) is 95.9 Å². The molecule has 0 saturated carbocycles. The number of anilines is 4. The van der Waals surface area contributed by atoms with Crippen LogP contribution >= 0.6 is 11.6 Å². The van der Waals surface area contributed by atoms with Crippen molar-refractivity contribution in [3.8, 4) is 5.75 Å². The summed E-state index contributed by atoms with van der Waals surface area (Å²) in [4.78, 5) is 21.7. The molecule has 0 radical (unpaired) electrons. The van der Waals surface area contributed by atoms with E-state index in [2.05, 4.69) is 25.3 Å². The standard InChI is InChI=1S/C29H24ClN5O5S/c1-40-21-14-18(17-36)13-20(15-21)31-27-28(34-26-12-5-4-11-25(26)33-27)35-41(38,39)22-8-6-7-19(16-22)32-29(37)23-9-2-3-10-24(23)30/h2-16,36H,17H2,1H3,(H,31,33)(H,32,37)(H,34,35). The van der Waals surface area contributed by atoms with Crippen molar-refractivity contribution in [3.05, 3.63) is 107 Å². The second kappa shape index (κ2) is 11.8. The first-order valence-electron chi connectivity index (χ1n) is 12.3. The average Bonchev–Trinajstić information content (AvgIpc) is 2.97. The van der Waals surface area contributed by atoms with Crippen LogP contribution in [0, 0.1) is 0 Å². The van der Waals surface area contributed by atoms with Crippen LogP contribution in [-0.2, 0) is 16.6 Å². The molecule has 0 saturated heterocycles. The maximum Gasteiger partial charge on any atom is 0.263 e. The summed E-state index contributed by atoms with van der Waals surface area (Å²) in [6, 6.07) is 24.4. The summed E-state index contributed by atoms with van der Waals surface area (Å²) in [5.41, 5.74) is 2.60. The molecular formula is C29H24ClN5O5S. The smallest absolute Gasteiger partial charge is 0.263 e. The molecule has 0 spiro atoms. The number of para-hydroxylation sites is 2. The number of aliphatic hydroxyl groups excluding tert-OH is 1. The minimum atomic E-state index is -4.19. The maximum atomic E-state index is 13.5. The molecule has 10 nitrogen and oxygen atoms in total. The van der Waals surface area contributed by atoms with E-state index in [1.165, 1.54) is 25.3 Å². The number of ether oxygens (including phenoxy) is 1. The van der Waals surface area contributed by atoms with Gasteiger partial charge >= 0.3 is 0 Å². The van der Waals surface area contributed by atoms with Crippen LogP contribution in [-0.4, -0.2) is 36.5 Å². The Morgan fingerprint density at radius 2 is 1.59 bits per heavy atom. The quantitative estimate of drug-likeness (QED) is 0.174. The fourth-order valence-electron chi connectivity index (χ4n) is 4.01. The molecule has 0 aliphatic carbocycles. The number of aliphatic hydroxyl groups is 1. The lowest BCUT2D eigenvalue weighted by Gasteiger charge is -2.15. The molecule has 1 amide bonds. The number of sulfonamides is 1. The van der Waals surface area contributed by atoms with Crippen molar-refractivity contribution in [2.45, 2.75) is 11.5 Å². The molecule has 0 atom stereocenters. The highest BCUT2D eigenvalue weighted by Gasteiger charge is 2.20. The van der Waals surface area contributed by atoms with Crippen molar-refractivity contribution >= 4 is 61.6 Å². The van der Waals surface area contributed by atoms with Crippen molar-refractivity contribution in [2.75, 3.05) is 22.5 Å². The Bertz CT molecular complexity index is 1840. The van der Waals surface area contributed by atoms with Crippen LogP contribution in [0.1, 0.15) is 15.9 Å². The number of fused-ring (bicyclic) bond motifs is 1. The molecular weight excluding hydrogens is 566 g/mol. The number of rotatable bonds is 9. The number of amides is 1. The zero-order valence-electron chi connectivity index (χ0n) is 21.6. The summed E-state index contributed by atoms with van der Waals surface area (Å²) in [7, 11) is -2.69. The molecule has 0 aliphatic heterocycles. The Kier molecular flexibility index (Phi) is 8.02. The van der Waals surface area contributed by atoms with Crippen molar-refractivity contribution in [1.82, 2.24) is 9.97 Å². The lowest BCUT2D eigenvalue weighted by Crippen LogP contribution is -2.17. The number of benzene rings is 4. The molecule has 5 rings (SSSR count). The van der Waals surface area contributed by atoms with E-state index in [0.717, 1.165) is 0 Å². The molecule has 208 valence electrons. The van der Waals surface area contributed by atoms with Gasteiger partial charge in [-0.05, 0) is 60.2 Å². The third kappa shape index (κ3) is 6.38. The summed E-state index contributed by atoms with van der Waals surface area (Å²) < 4.78 is 34.9. The Morgan fingerprint density at radius 3 is 2.29 bits per heavy atom. The van der Waals surface area contributed by atoms with Crippen LogP contribution in [0.25, 0.3) is 11.0 Å². The fraction of sp³-hybridized carbons (Fsp3) is 0.0690. The van der Waals surface area contributed by atoms with Gasteiger partial charge in [0.25, 0.3) is 15.9 Å². The van der Waals surface area contributed by atoms with E-state index in [-0.39, 0.29) is 39.4 Å². The predicted molar refractivity (Wildman–Crippen MR) is 158 cm³/mol. The maximum absolute atomic E-state index is 13.5. The Hall–Kier alpha value is -4.71. The van der Waals surface area contributed by atoms with E-state index in [0.29, 0.717) is 28.0 Å². The van der Waals surface area contributed by atoms with Gasteiger partial charge in [-0.25, -0.2) is 18.4 Å². The van der Waals surface area contributed by atoms with E-state index in [9.17, 15) is 18.3 Å². The van der Waals surface area contributed by atoms with Gasteiger partial charge in [0, 0.05) is 17.4 Å². The molecule has 41 heavy (non-hydrogen) atoms. The summed E-state index contributed by atoms with van der Waals surface area (Å²) in [5, 5.41) is 15.7. The zero-order valence-corrected chi connectivity index (χ0v) is 23.2. The van der Waals surface area contributed by atoms with Crippen molar-refractivity contribution in [3.63, 3.8) is 0 Å². The molecule has 0 fully saturated rings. The highest BCUT2D eigenvalue weighted by Crippen LogP contribution is 2.30. The molecule has 4 N–H and O–H groups in total. The number of methoxy groups -OCH3 is 1. The zero-order chi connectivity index (χ0) is 29.0. The molecule has 1 aromatic heterocycles. The van der Waals surface area contributed by atoms with Crippen LogP contribution < -0.4 is 20.1 Å². The van der Waals surface area contributed by atoms with Gasteiger partial charge in [-0.3, -0.25) is 9.52 Å². The number of halogens is 1. The summed E-state index contributed by atoms with van der Waals surface area (Å²) in [6.45, 7) is -0.224. The van der Waals surface area contributed by atoms with Gasteiger partial charge in [0.2, 0.25) is 0 Å². The SMILES string of the molecule is COc1cc(CO)cc(Nc2nc3ccccc3nc2NS(=O)(=O)c2cccc(NC(=O)c3ccccc3Cl)c2)c1. The van der Waals surface area contributed by atoms with Gasteiger partial charge in [-0.2, -0.15) is 0 Å². The Morgan fingerprint density at radius 1 is 0.878 bits per heavy atom. The fourth-order valence-corrected chi connectivity index (χ4v) is 5.28. The number of aromatic nitrogens is 2. The molecule has 1 heterocycles. The number of hydrogen-bond donors (Lipinski definition) is 4. The van der Waals surface area contributed by atoms with Crippen LogP contribution in [0.3, 0.4) is 0 Å². The van der Waals surface area contributed by atoms with Crippen molar-refractivity contribution in [2.24, 2.45) is 0 Å². The second-order valence-corrected chi connectivity index (χ2v) is 10.9. The molecule has 0 aliphatic rings. The Labute approximate surface area is 241 Å². The van der Waals surface area contributed by atoms with E-state index in [1.54, 1.807) is 72.8 Å². The summed E-state index contributed by atoms with van der Waals surface area (Å²) >= 11 is 6.12. The monoisotopic (exact) mass is 589 g/mol. The number of hydrogen-bond acceptors (Lipinski definition) is 8. The number of nitrogens with zero attached hydrogens (tertiary/aromatic N) is 2. The lowest BCUT2D eigenvalue weighted by atomic mass is 10.2. The topological polar surface area (TPSA) is 143 Å². The highest BCUT2D eigenvalue weighted by molar-refractivity contribution is 7.92.